The van der Waals surface area contributed by atoms with E-state index in [9.17, 15) is 4.39 Å². The van der Waals surface area contributed by atoms with Crippen LogP contribution >= 0.6 is 11.6 Å². The predicted octanol–water partition coefficient (Wildman–Crippen LogP) is 1.56. The fourth-order valence-electron chi connectivity index (χ4n) is 0.509. The summed E-state index contributed by atoms with van der Waals surface area (Å²) in [6.45, 7) is 1.45. The summed E-state index contributed by atoms with van der Waals surface area (Å²) < 4.78 is 11.4. The van der Waals surface area contributed by atoms with Crippen LogP contribution in [0.2, 0.25) is 0 Å². The molecular formula is C6H13ClFN. The van der Waals surface area contributed by atoms with Crippen LogP contribution in [0.25, 0.3) is 0 Å². The van der Waals surface area contributed by atoms with Crippen LogP contribution in [0.1, 0.15) is 12.8 Å². The number of hydrogen-bond donors (Lipinski definition) is 1. The Kier molecular flexibility index (Phi) is 8.34. The molecule has 1 N–H and O–H groups in total. The first kappa shape index (κ1) is 9.18. The first-order valence-corrected chi connectivity index (χ1v) is 3.78. The summed E-state index contributed by atoms with van der Waals surface area (Å²) >= 11 is 5.40. The van der Waals surface area contributed by atoms with Gasteiger partial charge in [-0.25, -0.2) is 0 Å². The Morgan fingerprint density at radius 2 is 1.89 bits per heavy atom. The topological polar surface area (TPSA) is 12.0 Å². The molecule has 0 amide bonds. The third-order valence-corrected chi connectivity index (χ3v) is 1.24. The van der Waals surface area contributed by atoms with Crippen LogP contribution in [0.5, 0.6) is 0 Å². The van der Waals surface area contributed by atoms with Crippen molar-refractivity contribution in [2.45, 2.75) is 12.8 Å². The van der Waals surface area contributed by atoms with E-state index in [0.717, 1.165) is 19.5 Å². The maximum Gasteiger partial charge on any atom is 0.0906 e. The number of alkyl halides is 2. The highest BCUT2D eigenvalue weighted by Gasteiger charge is 1.85. The Hall–Kier alpha value is 0.180. The molecule has 1 nitrogen and oxygen atoms in total. The average molecular weight is 154 g/mol. The minimum atomic E-state index is -0.228. The number of hydrogen-bond acceptors (Lipinski definition) is 1. The maximum absolute atomic E-state index is 11.4. The van der Waals surface area contributed by atoms with Gasteiger partial charge in [-0.15, -0.1) is 11.6 Å². The molecule has 0 fully saturated rings. The van der Waals surface area contributed by atoms with Gasteiger partial charge in [0.15, 0.2) is 0 Å². The largest absolute Gasteiger partial charge is 0.317 e. The molecule has 0 radical (unpaired) electrons. The lowest BCUT2D eigenvalue weighted by molar-refractivity contribution is 0.459. The number of rotatable bonds is 6. The lowest BCUT2D eigenvalue weighted by atomic mass is 10.4. The van der Waals surface area contributed by atoms with Crippen LogP contribution in [-0.2, 0) is 0 Å². The van der Waals surface area contributed by atoms with E-state index in [1.165, 1.54) is 0 Å². The highest BCUT2D eigenvalue weighted by Crippen LogP contribution is 1.81. The molecule has 0 bridgehead atoms. The van der Waals surface area contributed by atoms with Gasteiger partial charge in [0.25, 0.3) is 0 Å². The summed E-state index contributed by atoms with van der Waals surface area (Å²) in [5.41, 5.74) is 0. The zero-order valence-corrected chi connectivity index (χ0v) is 6.25. The van der Waals surface area contributed by atoms with E-state index in [2.05, 4.69) is 5.32 Å². The first-order valence-electron chi connectivity index (χ1n) is 3.24. The molecule has 0 heterocycles. The van der Waals surface area contributed by atoms with Crippen molar-refractivity contribution in [1.82, 2.24) is 5.32 Å². The van der Waals surface area contributed by atoms with Crippen molar-refractivity contribution in [2.75, 3.05) is 25.6 Å². The van der Waals surface area contributed by atoms with Crippen molar-refractivity contribution in [2.24, 2.45) is 0 Å². The molecule has 9 heavy (non-hydrogen) atoms. The van der Waals surface area contributed by atoms with Gasteiger partial charge >= 0.3 is 0 Å². The Morgan fingerprint density at radius 3 is 2.44 bits per heavy atom. The lowest BCUT2D eigenvalue weighted by Crippen LogP contribution is -2.17. The molecule has 3 heteroatoms. The SMILES string of the molecule is FCCCNCCCCl. The van der Waals surface area contributed by atoms with Crippen LogP contribution in [0.4, 0.5) is 4.39 Å². The molecule has 0 aliphatic rings. The third-order valence-electron chi connectivity index (χ3n) is 0.974. The molecule has 0 aromatic carbocycles. The van der Waals surface area contributed by atoms with E-state index >= 15 is 0 Å². The second kappa shape index (κ2) is 8.18. The van der Waals surface area contributed by atoms with Gasteiger partial charge in [0, 0.05) is 5.88 Å². The first-order chi connectivity index (χ1) is 4.41. The van der Waals surface area contributed by atoms with E-state index in [1.54, 1.807) is 0 Å². The van der Waals surface area contributed by atoms with Crippen molar-refractivity contribution in [1.29, 1.82) is 0 Å². The van der Waals surface area contributed by atoms with Crippen molar-refractivity contribution < 1.29 is 4.39 Å². The molecule has 0 aromatic heterocycles. The van der Waals surface area contributed by atoms with Gasteiger partial charge in [0.05, 0.1) is 6.67 Å². The van der Waals surface area contributed by atoms with Gasteiger partial charge in [-0.2, -0.15) is 0 Å². The molecule has 0 saturated carbocycles. The van der Waals surface area contributed by atoms with Crippen molar-refractivity contribution in [3.8, 4) is 0 Å². The summed E-state index contributed by atoms with van der Waals surface area (Å²) in [5, 5.41) is 3.06. The number of nitrogens with one attached hydrogen (secondary N) is 1. The van der Waals surface area contributed by atoms with Crippen LogP contribution in [0.3, 0.4) is 0 Å². The Labute approximate surface area is 60.6 Å². The van der Waals surface area contributed by atoms with Crippen LogP contribution < -0.4 is 5.32 Å². The summed E-state index contributed by atoms with van der Waals surface area (Å²) in [5.74, 6) is 0.683. The van der Waals surface area contributed by atoms with Gasteiger partial charge in [0.1, 0.15) is 0 Å². The molecule has 0 saturated heterocycles. The van der Waals surface area contributed by atoms with Crippen molar-refractivity contribution in [3.63, 3.8) is 0 Å². The molecule has 0 atom stereocenters. The second-order valence-electron chi connectivity index (χ2n) is 1.84. The minimum absolute atomic E-state index is 0.228. The molecule has 0 unspecified atom stereocenters. The normalized spacial score (nSPS) is 10.0. The van der Waals surface area contributed by atoms with E-state index in [1.807, 2.05) is 0 Å². The minimum Gasteiger partial charge on any atom is -0.317 e. The molecule has 0 aromatic rings. The standard InChI is InChI=1S/C6H13ClFN/c7-3-1-5-9-6-2-4-8/h9H,1-6H2. The zero-order valence-electron chi connectivity index (χ0n) is 5.50. The van der Waals surface area contributed by atoms with E-state index in [0.29, 0.717) is 12.3 Å². The van der Waals surface area contributed by atoms with E-state index in [4.69, 9.17) is 11.6 Å². The zero-order chi connectivity index (χ0) is 6.95. The molecule has 56 valence electrons. The molecule has 0 aliphatic carbocycles. The predicted molar refractivity (Wildman–Crippen MR) is 38.8 cm³/mol. The smallest absolute Gasteiger partial charge is 0.0906 e. The fraction of sp³-hybridized carbons (Fsp3) is 1.00. The molecule has 0 aliphatic heterocycles. The highest BCUT2D eigenvalue weighted by atomic mass is 35.5. The summed E-state index contributed by atoms with van der Waals surface area (Å²) in [7, 11) is 0. The Bertz CT molecular complexity index is 46.3. The summed E-state index contributed by atoms with van der Waals surface area (Å²) in [4.78, 5) is 0. The highest BCUT2D eigenvalue weighted by molar-refractivity contribution is 6.17. The second-order valence-corrected chi connectivity index (χ2v) is 2.21. The quantitative estimate of drug-likeness (QED) is 0.451. The average Bonchev–Trinajstić information content (AvgIpc) is 1.89. The van der Waals surface area contributed by atoms with Gasteiger partial charge in [0.2, 0.25) is 0 Å². The Balaban J connectivity index is 2.60. The molecular weight excluding hydrogens is 141 g/mol. The molecule has 0 rings (SSSR count). The van der Waals surface area contributed by atoms with Crippen LogP contribution in [0, 0.1) is 0 Å². The van der Waals surface area contributed by atoms with Gasteiger partial charge in [-0.3, -0.25) is 4.39 Å². The lowest BCUT2D eigenvalue weighted by Gasteiger charge is -1.98. The monoisotopic (exact) mass is 153 g/mol. The summed E-state index contributed by atoms with van der Waals surface area (Å²) in [6, 6.07) is 0. The summed E-state index contributed by atoms with van der Waals surface area (Å²) in [6.07, 6.45) is 1.58. The van der Waals surface area contributed by atoms with Gasteiger partial charge in [-0.05, 0) is 25.9 Å². The van der Waals surface area contributed by atoms with Crippen molar-refractivity contribution in [3.05, 3.63) is 0 Å². The van der Waals surface area contributed by atoms with Crippen molar-refractivity contribution >= 4 is 11.6 Å². The third kappa shape index (κ3) is 8.18. The van der Waals surface area contributed by atoms with Crippen LogP contribution in [0.15, 0.2) is 0 Å². The van der Waals surface area contributed by atoms with Crippen LogP contribution in [-0.4, -0.2) is 25.6 Å². The fourth-order valence-corrected chi connectivity index (χ4v) is 0.642. The van der Waals surface area contributed by atoms with E-state index < -0.39 is 0 Å². The van der Waals surface area contributed by atoms with E-state index in [-0.39, 0.29) is 6.67 Å². The van der Waals surface area contributed by atoms with Gasteiger partial charge in [-0.1, -0.05) is 0 Å². The number of halogens is 2. The maximum atomic E-state index is 11.4. The molecule has 0 spiro atoms. The van der Waals surface area contributed by atoms with Gasteiger partial charge < -0.3 is 5.32 Å². The Morgan fingerprint density at radius 1 is 1.22 bits per heavy atom.